The lowest BCUT2D eigenvalue weighted by atomic mass is 10.1. The maximum absolute atomic E-state index is 12.7. The van der Waals surface area contributed by atoms with E-state index in [0.29, 0.717) is 16.9 Å². The largest absolute Gasteiger partial charge is 0.378 e. The SMILES string of the molecule is Cc1cccc(NS(=O)(=O)c2ccc(C(=O)Nc3ccc(N(C)C)cc3)cc2)c1C. The van der Waals surface area contributed by atoms with E-state index in [1.54, 1.807) is 12.1 Å². The number of carbonyl (C=O) groups excluding carboxylic acids is 1. The van der Waals surface area contributed by atoms with Crippen molar-refractivity contribution in [3.05, 3.63) is 83.4 Å². The van der Waals surface area contributed by atoms with Crippen molar-refractivity contribution >= 4 is 33.0 Å². The van der Waals surface area contributed by atoms with Crippen molar-refractivity contribution < 1.29 is 13.2 Å². The second-order valence-electron chi connectivity index (χ2n) is 7.27. The predicted molar refractivity (Wildman–Crippen MR) is 122 cm³/mol. The van der Waals surface area contributed by atoms with Crippen LogP contribution < -0.4 is 14.9 Å². The molecule has 0 spiro atoms. The standard InChI is InChI=1S/C23H25N3O3S/c1-16-6-5-7-22(17(16)2)25-30(28,29)21-14-8-18(9-15-21)23(27)24-19-10-12-20(13-11-19)26(3)4/h5-15,25H,1-4H3,(H,24,27). The van der Waals surface area contributed by atoms with Gasteiger partial charge < -0.3 is 10.2 Å². The molecule has 1 amide bonds. The molecular weight excluding hydrogens is 398 g/mol. The Bertz CT molecular complexity index is 1150. The van der Waals surface area contributed by atoms with Gasteiger partial charge in [-0.15, -0.1) is 0 Å². The molecule has 3 rings (SSSR count). The number of nitrogens with one attached hydrogen (secondary N) is 2. The van der Waals surface area contributed by atoms with Crippen molar-refractivity contribution in [1.82, 2.24) is 0 Å². The van der Waals surface area contributed by atoms with E-state index in [4.69, 9.17) is 0 Å². The van der Waals surface area contributed by atoms with Crippen LogP contribution in [0.4, 0.5) is 17.1 Å². The van der Waals surface area contributed by atoms with E-state index in [9.17, 15) is 13.2 Å². The third kappa shape index (κ3) is 4.80. The monoisotopic (exact) mass is 423 g/mol. The van der Waals surface area contributed by atoms with Crippen LogP contribution in [0.1, 0.15) is 21.5 Å². The summed E-state index contributed by atoms with van der Waals surface area (Å²) in [5, 5.41) is 2.81. The lowest BCUT2D eigenvalue weighted by Crippen LogP contribution is -2.15. The number of anilines is 3. The minimum absolute atomic E-state index is 0.0929. The molecule has 0 unspecified atom stereocenters. The quantitative estimate of drug-likeness (QED) is 0.615. The molecule has 0 saturated heterocycles. The number of nitrogens with zero attached hydrogens (tertiary/aromatic N) is 1. The molecule has 0 aliphatic carbocycles. The number of amides is 1. The summed E-state index contributed by atoms with van der Waals surface area (Å²) in [5.74, 6) is -0.306. The number of sulfonamides is 1. The smallest absolute Gasteiger partial charge is 0.261 e. The Labute approximate surface area is 177 Å². The molecule has 0 aliphatic heterocycles. The Morgan fingerprint density at radius 1 is 0.867 bits per heavy atom. The molecule has 2 N–H and O–H groups in total. The molecule has 7 heteroatoms. The van der Waals surface area contributed by atoms with Crippen LogP contribution in [0.2, 0.25) is 0 Å². The Hall–Kier alpha value is -3.32. The zero-order valence-corrected chi connectivity index (χ0v) is 18.2. The zero-order chi connectivity index (χ0) is 21.9. The summed E-state index contributed by atoms with van der Waals surface area (Å²) in [7, 11) is 0.132. The van der Waals surface area contributed by atoms with Gasteiger partial charge in [0.05, 0.1) is 10.6 Å². The van der Waals surface area contributed by atoms with Crippen LogP contribution in [0.3, 0.4) is 0 Å². The summed E-state index contributed by atoms with van der Waals surface area (Å²) >= 11 is 0. The molecule has 156 valence electrons. The predicted octanol–water partition coefficient (Wildman–Crippen LogP) is 4.42. The average Bonchev–Trinajstić information content (AvgIpc) is 2.72. The van der Waals surface area contributed by atoms with Gasteiger partial charge in [0.25, 0.3) is 15.9 Å². The highest BCUT2D eigenvalue weighted by Gasteiger charge is 2.16. The minimum Gasteiger partial charge on any atom is -0.378 e. The van der Waals surface area contributed by atoms with Crippen LogP contribution >= 0.6 is 0 Å². The van der Waals surface area contributed by atoms with Gasteiger partial charge in [-0.1, -0.05) is 12.1 Å². The van der Waals surface area contributed by atoms with E-state index >= 15 is 0 Å². The molecule has 0 bridgehead atoms. The summed E-state index contributed by atoms with van der Waals surface area (Å²) in [4.78, 5) is 14.5. The first kappa shape index (κ1) is 21.4. The molecule has 0 aliphatic rings. The van der Waals surface area contributed by atoms with Gasteiger partial charge >= 0.3 is 0 Å². The van der Waals surface area contributed by atoms with Crippen LogP contribution in [0, 0.1) is 13.8 Å². The van der Waals surface area contributed by atoms with E-state index in [0.717, 1.165) is 16.8 Å². The van der Waals surface area contributed by atoms with Gasteiger partial charge in [-0.25, -0.2) is 8.42 Å². The second kappa shape index (κ2) is 8.59. The summed E-state index contributed by atoms with van der Waals surface area (Å²) in [5.41, 5.74) is 4.48. The number of hydrogen-bond donors (Lipinski definition) is 2. The van der Waals surface area contributed by atoms with Gasteiger partial charge in [-0.05, 0) is 79.6 Å². The van der Waals surface area contributed by atoms with Crippen molar-refractivity contribution in [3.63, 3.8) is 0 Å². The van der Waals surface area contributed by atoms with Gasteiger partial charge in [0.1, 0.15) is 0 Å². The third-order valence-electron chi connectivity index (χ3n) is 4.92. The normalized spacial score (nSPS) is 11.1. The van der Waals surface area contributed by atoms with E-state index < -0.39 is 10.0 Å². The number of benzene rings is 3. The van der Waals surface area contributed by atoms with Gasteiger partial charge in [-0.2, -0.15) is 0 Å². The van der Waals surface area contributed by atoms with E-state index in [1.807, 2.05) is 63.2 Å². The van der Waals surface area contributed by atoms with Crippen molar-refractivity contribution in [3.8, 4) is 0 Å². The fourth-order valence-corrected chi connectivity index (χ4v) is 4.02. The lowest BCUT2D eigenvalue weighted by Gasteiger charge is -2.13. The maximum Gasteiger partial charge on any atom is 0.261 e. The molecule has 3 aromatic carbocycles. The van der Waals surface area contributed by atoms with Crippen LogP contribution in [0.5, 0.6) is 0 Å². The molecular formula is C23H25N3O3S. The van der Waals surface area contributed by atoms with Gasteiger partial charge in [-0.3, -0.25) is 9.52 Å². The van der Waals surface area contributed by atoms with Crippen molar-refractivity contribution in [2.45, 2.75) is 18.7 Å². The van der Waals surface area contributed by atoms with Crippen molar-refractivity contribution in [2.75, 3.05) is 29.0 Å². The highest BCUT2D eigenvalue weighted by atomic mass is 32.2. The zero-order valence-electron chi connectivity index (χ0n) is 17.4. The van der Waals surface area contributed by atoms with Gasteiger partial charge in [0.15, 0.2) is 0 Å². The highest BCUT2D eigenvalue weighted by Crippen LogP contribution is 2.22. The Balaban J connectivity index is 1.73. The summed E-state index contributed by atoms with van der Waals surface area (Å²) in [6, 6.07) is 18.8. The molecule has 0 radical (unpaired) electrons. The first-order chi connectivity index (χ1) is 14.2. The van der Waals surface area contributed by atoms with Gasteiger partial charge in [0.2, 0.25) is 0 Å². The Morgan fingerprint density at radius 2 is 1.50 bits per heavy atom. The molecule has 0 aromatic heterocycles. The van der Waals surface area contributed by atoms with Crippen LogP contribution in [-0.4, -0.2) is 28.4 Å². The fraction of sp³-hybridized carbons (Fsp3) is 0.174. The lowest BCUT2D eigenvalue weighted by molar-refractivity contribution is 0.102. The molecule has 6 nitrogen and oxygen atoms in total. The number of hydrogen-bond acceptors (Lipinski definition) is 4. The molecule has 0 atom stereocenters. The Kier molecular flexibility index (Phi) is 6.12. The fourth-order valence-electron chi connectivity index (χ4n) is 2.90. The van der Waals surface area contributed by atoms with E-state index in [2.05, 4.69) is 10.0 Å². The third-order valence-corrected chi connectivity index (χ3v) is 6.30. The number of rotatable bonds is 6. The summed E-state index contributed by atoms with van der Waals surface area (Å²) < 4.78 is 28.0. The van der Waals surface area contributed by atoms with Crippen LogP contribution in [0.15, 0.2) is 71.6 Å². The molecule has 0 heterocycles. The van der Waals surface area contributed by atoms with Gasteiger partial charge in [0, 0.05) is 31.0 Å². The number of aryl methyl sites for hydroxylation is 1. The summed E-state index contributed by atoms with van der Waals surface area (Å²) in [6.45, 7) is 3.79. The summed E-state index contributed by atoms with van der Waals surface area (Å²) in [6.07, 6.45) is 0. The van der Waals surface area contributed by atoms with E-state index in [1.165, 1.54) is 24.3 Å². The first-order valence-electron chi connectivity index (χ1n) is 9.45. The van der Waals surface area contributed by atoms with Crippen molar-refractivity contribution in [1.29, 1.82) is 0 Å². The molecule has 0 saturated carbocycles. The molecule has 0 fully saturated rings. The average molecular weight is 424 g/mol. The second-order valence-corrected chi connectivity index (χ2v) is 8.96. The maximum atomic E-state index is 12.7. The molecule has 30 heavy (non-hydrogen) atoms. The number of carbonyl (C=O) groups is 1. The Morgan fingerprint density at radius 3 is 2.10 bits per heavy atom. The topological polar surface area (TPSA) is 78.5 Å². The minimum atomic E-state index is -3.75. The first-order valence-corrected chi connectivity index (χ1v) is 10.9. The van der Waals surface area contributed by atoms with Crippen molar-refractivity contribution in [2.24, 2.45) is 0 Å². The highest BCUT2D eigenvalue weighted by molar-refractivity contribution is 7.92. The molecule has 3 aromatic rings. The van der Waals surface area contributed by atoms with Crippen LogP contribution in [-0.2, 0) is 10.0 Å². The van der Waals surface area contributed by atoms with Crippen LogP contribution in [0.25, 0.3) is 0 Å². The van der Waals surface area contributed by atoms with E-state index in [-0.39, 0.29) is 10.8 Å².